The van der Waals surface area contributed by atoms with Gasteiger partial charge >= 0.3 is 0 Å². The van der Waals surface area contributed by atoms with Crippen molar-refractivity contribution in [3.05, 3.63) is 66.0 Å². The van der Waals surface area contributed by atoms with Gasteiger partial charge in [0.15, 0.2) is 6.61 Å². The standard InChI is InChI=1S/C23H26N6O4S/c30-23(16-33-20-10-8-19(9-11-20)29-17-24-25-26-29)27-12-14-28(15-13-27)34(31,32)22-7-3-5-18-4-1-2-6-21(18)22/h2-3,5-6,8-11,17,22H,1,4,7,12-16H2. The molecular formula is C23H26N6O4S. The summed E-state index contributed by atoms with van der Waals surface area (Å²) < 4.78 is 35.4. The first-order chi connectivity index (χ1) is 16.5. The van der Waals surface area contributed by atoms with E-state index in [0.29, 0.717) is 38.3 Å². The van der Waals surface area contributed by atoms with Crippen molar-refractivity contribution in [1.29, 1.82) is 0 Å². The molecule has 1 fully saturated rings. The number of ether oxygens (including phenoxy) is 1. The molecule has 1 aromatic heterocycles. The van der Waals surface area contributed by atoms with Crippen LogP contribution in [0.4, 0.5) is 0 Å². The second kappa shape index (κ2) is 9.51. The van der Waals surface area contributed by atoms with Crippen LogP contribution < -0.4 is 4.74 Å². The fourth-order valence-electron chi connectivity index (χ4n) is 4.52. The first kappa shape index (κ1) is 22.5. The Labute approximate surface area is 198 Å². The first-order valence-corrected chi connectivity index (χ1v) is 12.8. The largest absolute Gasteiger partial charge is 0.484 e. The molecule has 1 aromatic carbocycles. The summed E-state index contributed by atoms with van der Waals surface area (Å²) in [7, 11) is -3.49. The van der Waals surface area contributed by atoms with Gasteiger partial charge in [0.1, 0.15) is 17.3 Å². The van der Waals surface area contributed by atoms with Crippen LogP contribution in [0.3, 0.4) is 0 Å². The number of allylic oxidation sites excluding steroid dienone is 5. The number of aromatic nitrogens is 4. The third kappa shape index (κ3) is 4.53. The average molecular weight is 483 g/mol. The van der Waals surface area contributed by atoms with Crippen molar-refractivity contribution in [2.45, 2.75) is 24.5 Å². The predicted molar refractivity (Wildman–Crippen MR) is 125 cm³/mol. The van der Waals surface area contributed by atoms with Gasteiger partial charge in [0, 0.05) is 26.2 Å². The van der Waals surface area contributed by atoms with Gasteiger partial charge in [-0.1, -0.05) is 24.3 Å². The Hall–Kier alpha value is -3.31. The lowest BCUT2D eigenvalue weighted by atomic mass is 9.90. The monoisotopic (exact) mass is 482 g/mol. The normalized spacial score (nSPS) is 20.9. The van der Waals surface area contributed by atoms with E-state index >= 15 is 0 Å². The Kier molecular flexibility index (Phi) is 6.29. The third-order valence-electron chi connectivity index (χ3n) is 6.39. The van der Waals surface area contributed by atoms with Crippen molar-refractivity contribution in [1.82, 2.24) is 29.4 Å². The highest BCUT2D eigenvalue weighted by Gasteiger charge is 2.37. The van der Waals surface area contributed by atoms with E-state index in [9.17, 15) is 13.2 Å². The Morgan fingerprint density at radius 3 is 2.59 bits per heavy atom. The van der Waals surface area contributed by atoms with Crippen LogP contribution in [-0.2, 0) is 14.8 Å². The van der Waals surface area contributed by atoms with E-state index in [4.69, 9.17) is 4.74 Å². The summed E-state index contributed by atoms with van der Waals surface area (Å²) >= 11 is 0. The van der Waals surface area contributed by atoms with Crippen molar-refractivity contribution in [3.8, 4) is 11.4 Å². The van der Waals surface area contributed by atoms with E-state index in [1.807, 2.05) is 12.2 Å². The smallest absolute Gasteiger partial charge is 0.260 e. The van der Waals surface area contributed by atoms with Crippen LogP contribution in [0.25, 0.3) is 5.69 Å². The van der Waals surface area contributed by atoms with Crippen LogP contribution in [0.2, 0.25) is 0 Å². The molecule has 1 aliphatic heterocycles. The predicted octanol–water partition coefficient (Wildman–Crippen LogP) is 1.49. The number of amides is 1. The maximum atomic E-state index is 13.4. The van der Waals surface area contributed by atoms with Crippen molar-refractivity contribution in [2.24, 2.45) is 0 Å². The van der Waals surface area contributed by atoms with Crippen LogP contribution in [-0.4, -0.2) is 81.8 Å². The minimum atomic E-state index is -3.49. The molecule has 5 rings (SSSR count). The van der Waals surface area contributed by atoms with Gasteiger partial charge in [-0.05, 0) is 65.1 Å². The van der Waals surface area contributed by atoms with Crippen LogP contribution in [0.15, 0.2) is 66.0 Å². The Bertz CT molecular complexity index is 1230. The lowest BCUT2D eigenvalue weighted by Gasteiger charge is -2.37. The second-order valence-corrected chi connectivity index (χ2v) is 10.5. The molecule has 0 saturated carbocycles. The van der Waals surface area contributed by atoms with Gasteiger partial charge in [-0.2, -0.15) is 4.31 Å². The Morgan fingerprint density at radius 2 is 1.85 bits per heavy atom. The zero-order valence-electron chi connectivity index (χ0n) is 18.7. The van der Waals surface area contributed by atoms with Gasteiger partial charge in [0.25, 0.3) is 5.91 Å². The Balaban J connectivity index is 1.14. The summed E-state index contributed by atoms with van der Waals surface area (Å²) in [5, 5.41) is 10.5. The molecule has 0 radical (unpaired) electrons. The van der Waals surface area contributed by atoms with E-state index in [1.54, 1.807) is 29.2 Å². The molecule has 2 heterocycles. The van der Waals surface area contributed by atoms with Gasteiger partial charge in [0.2, 0.25) is 10.0 Å². The van der Waals surface area contributed by atoms with Gasteiger partial charge in [-0.15, -0.1) is 5.10 Å². The highest BCUT2D eigenvalue weighted by atomic mass is 32.2. The molecule has 1 unspecified atom stereocenters. The van der Waals surface area contributed by atoms with Crippen molar-refractivity contribution < 1.29 is 17.9 Å². The molecule has 2 aromatic rings. The molecule has 2 aliphatic carbocycles. The minimum absolute atomic E-state index is 0.106. The van der Waals surface area contributed by atoms with Gasteiger partial charge in [-0.3, -0.25) is 4.79 Å². The second-order valence-electron chi connectivity index (χ2n) is 8.41. The molecule has 1 amide bonds. The van der Waals surface area contributed by atoms with Gasteiger partial charge < -0.3 is 9.64 Å². The number of piperazine rings is 1. The van der Waals surface area contributed by atoms with Crippen LogP contribution in [0.1, 0.15) is 19.3 Å². The van der Waals surface area contributed by atoms with Crippen LogP contribution >= 0.6 is 0 Å². The molecule has 34 heavy (non-hydrogen) atoms. The summed E-state index contributed by atoms with van der Waals surface area (Å²) in [6.45, 7) is 1.18. The minimum Gasteiger partial charge on any atom is -0.484 e. The maximum absolute atomic E-state index is 13.4. The van der Waals surface area contributed by atoms with Crippen LogP contribution in [0.5, 0.6) is 5.75 Å². The van der Waals surface area contributed by atoms with Crippen molar-refractivity contribution >= 4 is 15.9 Å². The van der Waals surface area contributed by atoms with E-state index in [-0.39, 0.29) is 12.5 Å². The van der Waals surface area contributed by atoms with E-state index in [1.165, 1.54) is 15.3 Å². The number of carbonyl (C=O) groups is 1. The molecular weight excluding hydrogens is 456 g/mol. The van der Waals surface area contributed by atoms with Crippen molar-refractivity contribution in [2.75, 3.05) is 32.8 Å². The molecule has 1 saturated heterocycles. The molecule has 3 aliphatic rings. The third-order valence-corrected chi connectivity index (χ3v) is 8.64. The lowest BCUT2D eigenvalue weighted by molar-refractivity contribution is -0.134. The summed E-state index contributed by atoms with van der Waals surface area (Å²) in [5.41, 5.74) is 2.83. The molecule has 0 N–H and O–H groups in total. The number of hydrogen-bond acceptors (Lipinski definition) is 7. The number of sulfonamides is 1. The fraction of sp³-hybridized carbons (Fsp3) is 0.391. The Morgan fingerprint density at radius 1 is 1.06 bits per heavy atom. The first-order valence-electron chi connectivity index (χ1n) is 11.3. The number of tetrazole rings is 1. The number of benzene rings is 1. The van der Waals surface area contributed by atoms with Gasteiger partial charge in [-0.25, -0.2) is 13.1 Å². The summed E-state index contributed by atoms with van der Waals surface area (Å²) in [6, 6.07) is 7.08. The molecule has 10 nitrogen and oxygen atoms in total. The number of carbonyl (C=O) groups excluding carboxylic acids is 1. The molecule has 178 valence electrons. The summed E-state index contributed by atoms with van der Waals surface area (Å²) in [4.78, 5) is 14.3. The van der Waals surface area contributed by atoms with E-state index < -0.39 is 15.3 Å². The van der Waals surface area contributed by atoms with Crippen molar-refractivity contribution in [3.63, 3.8) is 0 Å². The number of hydrogen-bond donors (Lipinski definition) is 0. The topological polar surface area (TPSA) is 111 Å². The summed E-state index contributed by atoms with van der Waals surface area (Å²) in [5.74, 6) is 0.392. The highest BCUT2D eigenvalue weighted by Crippen LogP contribution is 2.33. The van der Waals surface area contributed by atoms with Gasteiger partial charge in [0.05, 0.1) is 5.69 Å². The number of rotatable bonds is 6. The molecule has 11 heteroatoms. The van der Waals surface area contributed by atoms with E-state index in [0.717, 1.165) is 29.7 Å². The van der Waals surface area contributed by atoms with E-state index in [2.05, 4.69) is 27.7 Å². The quantitative estimate of drug-likeness (QED) is 0.613. The SMILES string of the molecule is O=C(COc1ccc(-n2cnnn2)cc1)N1CCN(S(=O)(=O)C2CC=CC3=C2C=CCC3)CC1. The molecule has 0 spiro atoms. The fourth-order valence-corrected chi connectivity index (χ4v) is 6.46. The maximum Gasteiger partial charge on any atom is 0.260 e. The molecule has 1 atom stereocenters. The lowest BCUT2D eigenvalue weighted by Crippen LogP contribution is -2.53. The molecule has 0 bridgehead atoms. The highest BCUT2D eigenvalue weighted by molar-refractivity contribution is 7.90. The summed E-state index contributed by atoms with van der Waals surface area (Å²) in [6.07, 6.45) is 11.9. The zero-order chi connectivity index (χ0) is 23.5. The number of nitrogens with zero attached hydrogens (tertiary/aromatic N) is 6. The zero-order valence-corrected chi connectivity index (χ0v) is 19.5. The van der Waals surface area contributed by atoms with Crippen LogP contribution in [0, 0.1) is 0 Å². The average Bonchev–Trinajstić information content (AvgIpc) is 3.42.